The quantitative estimate of drug-likeness (QED) is 0.166. The van der Waals surface area contributed by atoms with Gasteiger partial charge in [-0.1, -0.05) is 170 Å². The van der Waals surface area contributed by atoms with E-state index in [2.05, 4.69) is 205 Å². The molecule has 0 fully saturated rings. The van der Waals surface area contributed by atoms with Gasteiger partial charge in [-0.2, -0.15) is 0 Å². The summed E-state index contributed by atoms with van der Waals surface area (Å²) in [5.74, 6) is 0. The zero-order valence-electron chi connectivity index (χ0n) is 29.6. The van der Waals surface area contributed by atoms with Gasteiger partial charge in [-0.05, 0) is 86.6 Å². The predicted octanol–water partition coefficient (Wildman–Crippen LogP) is 14.9. The lowest BCUT2D eigenvalue weighted by atomic mass is 9.90. The second-order valence-corrected chi connectivity index (χ2v) is 13.7. The van der Waals surface area contributed by atoms with E-state index in [1.54, 1.807) is 0 Å². The summed E-state index contributed by atoms with van der Waals surface area (Å²) < 4.78 is 6.14. The highest BCUT2D eigenvalue weighted by Crippen LogP contribution is 2.47. The molecule has 0 bridgehead atoms. The van der Waals surface area contributed by atoms with Gasteiger partial charge in [0, 0.05) is 27.6 Å². The largest absolute Gasteiger partial charge is 0.456 e. The molecule has 0 aliphatic rings. The summed E-state index contributed by atoms with van der Waals surface area (Å²) in [6, 6.07) is 76.0. The number of furan rings is 1. The predicted molar refractivity (Wildman–Crippen MR) is 228 cm³/mol. The van der Waals surface area contributed by atoms with Crippen molar-refractivity contribution in [1.82, 2.24) is 0 Å². The topological polar surface area (TPSA) is 16.4 Å². The fraction of sp³-hybridized carbons (Fsp3) is 0. The maximum Gasteiger partial charge on any atom is 0.135 e. The number of rotatable bonds is 7. The molecule has 10 aromatic rings. The van der Waals surface area contributed by atoms with Crippen molar-refractivity contribution in [3.8, 4) is 44.5 Å². The molecule has 0 aliphatic carbocycles. The third-order valence-electron chi connectivity index (χ3n) is 10.5. The Balaban J connectivity index is 1.17. The Morgan fingerprint density at radius 1 is 0.315 bits per heavy atom. The lowest BCUT2D eigenvalue weighted by Gasteiger charge is -2.30. The maximum absolute atomic E-state index is 6.14. The molecule has 9 aromatic carbocycles. The van der Waals surface area contributed by atoms with Crippen molar-refractivity contribution in [2.24, 2.45) is 0 Å². The van der Waals surface area contributed by atoms with Gasteiger partial charge >= 0.3 is 0 Å². The highest BCUT2D eigenvalue weighted by atomic mass is 16.3. The van der Waals surface area contributed by atoms with Crippen LogP contribution in [0.4, 0.5) is 17.1 Å². The third-order valence-corrected chi connectivity index (χ3v) is 10.5. The molecule has 0 radical (unpaired) electrons. The number of benzene rings is 9. The first-order valence-corrected chi connectivity index (χ1v) is 18.4. The zero-order chi connectivity index (χ0) is 35.8. The fourth-order valence-corrected chi connectivity index (χ4v) is 7.97. The third kappa shape index (κ3) is 5.53. The number of nitrogens with zero attached hydrogens (tertiary/aromatic N) is 1. The molecular weight excluding hydrogens is 655 g/mol. The Hall–Kier alpha value is -7.16. The average Bonchev–Trinajstić information content (AvgIpc) is 3.63. The minimum absolute atomic E-state index is 0.903. The van der Waals surface area contributed by atoms with Gasteiger partial charge in [-0.3, -0.25) is 0 Å². The Kier molecular flexibility index (Phi) is 7.85. The molecule has 54 heavy (non-hydrogen) atoms. The minimum atomic E-state index is 0.903. The van der Waals surface area contributed by atoms with Crippen molar-refractivity contribution in [3.05, 3.63) is 212 Å². The lowest BCUT2D eigenvalue weighted by molar-refractivity contribution is 0.669. The molecule has 2 nitrogen and oxygen atoms in total. The van der Waals surface area contributed by atoms with E-state index in [0.29, 0.717) is 0 Å². The van der Waals surface area contributed by atoms with Crippen molar-refractivity contribution >= 4 is 49.8 Å². The zero-order valence-corrected chi connectivity index (χ0v) is 29.6. The van der Waals surface area contributed by atoms with E-state index < -0.39 is 0 Å². The first kappa shape index (κ1) is 31.6. The van der Waals surface area contributed by atoms with Crippen LogP contribution in [0.25, 0.3) is 77.2 Å². The van der Waals surface area contributed by atoms with Gasteiger partial charge in [-0.25, -0.2) is 0 Å². The standard InChI is InChI=1S/C52H35NO/c1-3-15-37(16-4-1)42-21-7-10-26-48(42)53(41-32-29-36(30-33-41)40-31-34-51-47(35-40)45-23-9-12-28-50(45)54-51)49-27-11-8-22-44(49)46-25-14-20-39-19-13-24-43(52(39)46)38-17-5-2-6-18-38/h1-35H. The van der Waals surface area contributed by atoms with Gasteiger partial charge in [0.15, 0.2) is 0 Å². The van der Waals surface area contributed by atoms with E-state index in [0.717, 1.165) is 61.3 Å². The summed E-state index contributed by atoms with van der Waals surface area (Å²) in [6.45, 7) is 0. The van der Waals surface area contributed by atoms with Crippen molar-refractivity contribution in [1.29, 1.82) is 0 Å². The Labute approximate surface area is 314 Å². The van der Waals surface area contributed by atoms with Crippen LogP contribution in [0.3, 0.4) is 0 Å². The van der Waals surface area contributed by atoms with E-state index >= 15 is 0 Å². The lowest BCUT2D eigenvalue weighted by Crippen LogP contribution is -2.12. The highest BCUT2D eigenvalue weighted by Gasteiger charge is 2.22. The maximum atomic E-state index is 6.14. The number of anilines is 3. The molecule has 1 heterocycles. The van der Waals surface area contributed by atoms with Crippen LogP contribution in [0.2, 0.25) is 0 Å². The molecule has 1 aromatic heterocycles. The summed E-state index contributed by atoms with van der Waals surface area (Å²) in [4.78, 5) is 2.43. The van der Waals surface area contributed by atoms with Gasteiger partial charge < -0.3 is 9.32 Å². The van der Waals surface area contributed by atoms with E-state index in [9.17, 15) is 0 Å². The molecule has 0 saturated carbocycles. The van der Waals surface area contributed by atoms with E-state index in [1.807, 2.05) is 12.1 Å². The van der Waals surface area contributed by atoms with E-state index in [-0.39, 0.29) is 0 Å². The first-order chi connectivity index (χ1) is 26.8. The van der Waals surface area contributed by atoms with Crippen molar-refractivity contribution in [3.63, 3.8) is 0 Å². The minimum Gasteiger partial charge on any atom is -0.456 e. The molecule has 0 saturated heterocycles. The smallest absolute Gasteiger partial charge is 0.135 e. The summed E-state index contributed by atoms with van der Waals surface area (Å²) in [5, 5.41) is 4.72. The number of hydrogen-bond acceptors (Lipinski definition) is 2. The van der Waals surface area contributed by atoms with E-state index in [4.69, 9.17) is 4.42 Å². The Morgan fingerprint density at radius 2 is 0.852 bits per heavy atom. The normalized spacial score (nSPS) is 11.3. The second-order valence-electron chi connectivity index (χ2n) is 13.7. The van der Waals surface area contributed by atoms with Crippen LogP contribution >= 0.6 is 0 Å². The summed E-state index contributed by atoms with van der Waals surface area (Å²) in [5.41, 5.74) is 14.5. The monoisotopic (exact) mass is 689 g/mol. The van der Waals surface area contributed by atoms with Gasteiger partial charge in [0.2, 0.25) is 0 Å². The average molecular weight is 690 g/mol. The number of hydrogen-bond donors (Lipinski definition) is 0. The van der Waals surface area contributed by atoms with Crippen LogP contribution in [-0.4, -0.2) is 0 Å². The second kappa shape index (κ2) is 13.4. The molecule has 0 spiro atoms. The fourth-order valence-electron chi connectivity index (χ4n) is 7.97. The van der Waals surface area contributed by atoms with Crippen LogP contribution in [0.15, 0.2) is 217 Å². The Morgan fingerprint density at radius 3 is 1.59 bits per heavy atom. The van der Waals surface area contributed by atoms with Crippen molar-refractivity contribution < 1.29 is 4.42 Å². The summed E-state index contributed by atoms with van der Waals surface area (Å²) in [7, 11) is 0. The van der Waals surface area contributed by atoms with Gasteiger partial charge in [0.25, 0.3) is 0 Å². The number of para-hydroxylation sites is 3. The van der Waals surface area contributed by atoms with Gasteiger partial charge in [0.1, 0.15) is 11.2 Å². The van der Waals surface area contributed by atoms with Crippen LogP contribution in [0.1, 0.15) is 0 Å². The molecule has 0 N–H and O–H groups in total. The van der Waals surface area contributed by atoms with Crippen molar-refractivity contribution in [2.75, 3.05) is 4.90 Å². The summed E-state index contributed by atoms with van der Waals surface area (Å²) in [6.07, 6.45) is 0. The molecule has 0 aliphatic heterocycles. The molecule has 254 valence electrons. The van der Waals surface area contributed by atoms with Crippen LogP contribution in [-0.2, 0) is 0 Å². The molecule has 2 heteroatoms. The van der Waals surface area contributed by atoms with Crippen LogP contribution in [0, 0.1) is 0 Å². The summed E-state index contributed by atoms with van der Waals surface area (Å²) >= 11 is 0. The molecule has 0 amide bonds. The van der Waals surface area contributed by atoms with Crippen molar-refractivity contribution in [2.45, 2.75) is 0 Å². The van der Waals surface area contributed by atoms with Crippen LogP contribution in [0.5, 0.6) is 0 Å². The van der Waals surface area contributed by atoms with Gasteiger partial charge in [-0.15, -0.1) is 0 Å². The Bertz CT molecular complexity index is 2920. The SMILES string of the molecule is c1ccc(-c2ccccc2N(c2ccc(-c3ccc4oc5ccccc5c4c3)cc2)c2ccccc2-c2cccc3cccc(-c4ccccc4)c23)cc1. The highest BCUT2D eigenvalue weighted by molar-refractivity contribution is 6.09. The molecular formula is C52H35NO. The molecule has 0 unspecified atom stereocenters. The molecule has 0 atom stereocenters. The number of fused-ring (bicyclic) bond motifs is 4. The first-order valence-electron chi connectivity index (χ1n) is 18.4. The van der Waals surface area contributed by atoms with E-state index in [1.165, 1.54) is 33.0 Å². The van der Waals surface area contributed by atoms with Gasteiger partial charge in [0.05, 0.1) is 11.4 Å². The van der Waals surface area contributed by atoms with Crippen LogP contribution < -0.4 is 4.90 Å². The molecule has 10 rings (SSSR count).